The first-order valence-corrected chi connectivity index (χ1v) is 7.97. The molecule has 2 N–H and O–H groups in total. The van der Waals surface area contributed by atoms with Crippen molar-refractivity contribution in [3.05, 3.63) is 87.2 Å². The lowest BCUT2D eigenvalue weighted by atomic mass is 9.83. The van der Waals surface area contributed by atoms with E-state index in [1.54, 1.807) is 0 Å². The minimum absolute atomic E-state index is 0.0308. The highest BCUT2D eigenvalue weighted by molar-refractivity contribution is 9.10. The third kappa shape index (κ3) is 2.78. The van der Waals surface area contributed by atoms with E-state index in [0.717, 1.165) is 15.6 Å². The summed E-state index contributed by atoms with van der Waals surface area (Å²) in [6.07, 6.45) is 0. The molecule has 116 valence electrons. The Balaban J connectivity index is 2.22. The Morgan fingerprint density at radius 1 is 0.917 bits per heavy atom. The highest BCUT2D eigenvalue weighted by Crippen LogP contribution is 2.41. The van der Waals surface area contributed by atoms with Gasteiger partial charge < -0.3 is 10.5 Å². The summed E-state index contributed by atoms with van der Waals surface area (Å²) in [5.74, 6) is -0.118. The molecule has 0 aliphatic carbocycles. The predicted octanol–water partition coefficient (Wildman–Crippen LogP) is 4.19. The Morgan fingerprint density at radius 3 is 2.12 bits per heavy atom. The molecule has 5 heteroatoms. The molecule has 0 spiro atoms. The fraction of sp³-hybridized carbons (Fsp3) is 0.0526. The molecule has 3 rings (SSSR count). The van der Waals surface area contributed by atoms with E-state index in [4.69, 9.17) is 10.5 Å². The zero-order valence-electron chi connectivity index (χ0n) is 12.5. The van der Waals surface area contributed by atoms with Crippen LogP contribution in [0.5, 0.6) is 0 Å². The molecule has 1 aliphatic heterocycles. The van der Waals surface area contributed by atoms with Crippen LogP contribution in [-0.2, 0) is 4.74 Å². The summed E-state index contributed by atoms with van der Waals surface area (Å²) in [4.78, 5) is 0. The topological polar surface area (TPSA) is 82.8 Å². The highest BCUT2D eigenvalue weighted by atomic mass is 79.9. The second-order valence-electron chi connectivity index (χ2n) is 5.20. The molecule has 1 aliphatic rings. The number of halogens is 1. The highest BCUT2D eigenvalue weighted by Gasteiger charge is 2.33. The van der Waals surface area contributed by atoms with Crippen LogP contribution in [0.25, 0.3) is 5.76 Å². The molecule has 2 aromatic carbocycles. The summed E-state index contributed by atoms with van der Waals surface area (Å²) in [5, 5.41) is 19.2. The lowest BCUT2D eigenvalue weighted by molar-refractivity contribution is 0.357. The van der Waals surface area contributed by atoms with E-state index in [1.165, 1.54) is 0 Å². The Hall–Kier alpha value is -3.02. The van der Waals surface area contributed by atoms with Gasteiger partial charge in [-0.2, -0.15) is 10.5 Å². The van der Waals surface area contributed by atoms with E-state index >= 15 is 0 Å². The molecule has 0 saturated heterocycles. The van der Waals surface area contributed by atoms with Crippen LogP contribution in [0.2, 0.25) is 0 Å². The van der Waals surface area contributed by atoms with Gasteiger partial charge in [0.25, 0.3) is 0 Å². The molecule has 4 nitrogen and oxygen atoms in total. The molecule has 0 aromatic heterocycles. The minimum atomic E-state index is -0.534. The largest absolute Gasteiger partial charge is 0.439 e. The van der Waals surface area contributed by atoms with Crippen molar-refractivity contribution in [2.24, 2.45) is 5.73 Å². The van der Waals surface area contributed by atoms with Gasteiger partial charge in [-0.05, 0) is 17.7 Å². The first-order valence-electron chi connectivity index (χ1n) is 7.18. The van der Waals surface area contributed by atoms with Gasteiger partial charge in [-0.3, -0.25) is 0 Å². The molecular weight excluding hydrogens is 366 g/mol. The number of ether oxygens (including phenoxy) is 1. The number of rotatable bonds is 2. The Bertz CT molecular complexity index is 916. The SMILES string of the molecule is N#CC1=C(N)OC(c2ccc(Br)cc2)=C(C#N)[C@H]1c1ccccc1. The summed E-state index contributed by atoms with van der Waals surface area (Å²) in [6, 6.07) is 21.0. The van der Waals surface area contributed by atoms with Gasteiger partial charge in [0.1, 0.15) is 11.6 Å². The normalized spacial score (nSPS) is 17.0. The van der Waals surface area contributed by atoms with Crippen molar-refractivity contribution in [1.82, 2.24) is 0 Å². The summed E-state index contributed by atoms with van der Waals surface area (Å²) in [6.45, 7) is 0. The van der Waals surface area contributed by atoms with Gasteiger partial charge in [0, 0.05) is 10.0 Å². The van der Waals surface area contributed by atoms with E-state index in [9.17, 15) is 10.5 Å². The number of hydrogen-bond acceptors (Lipinski definition) is 4. The maximum Gasteiger partial charge on any atom is 0.205 e. The van der Waals surface area contributed by atoms with E-state index in [0.29, 0.717) is 11.3 Å². The zero-order chi connectivity index (χ0) is 17.1. The van der Waals surface area contributed by atoms with Crippen molar-refractivity contribution < 1.29 is 4.74 Å². The van der Waals surface area contributed by atoms with Crippen LogP contribution in [0.15, 0.2) is 76.1 Å². The van der Waals surface area contributed by atoms with Crippen molar-refractivity contribution >= 4 is 21.7 Å². The average Bonchev–Trinajstić information content (AvgIpc) is 2.62. The van der Waals surface area contributed by atoms with Crippen molar-refractivity contribution in [2.45, 2.75) is 5.92 Å². The molecule has 0 amide bonds. The van der Waals surface area contributed by atoms with Gasteiger partial charge in [0.15, 0.2) is 5.76 Å². The van der Waals surface area contributed by atoms with E-state index in [1.807, 2.05) is 54.6 Å². The van der Waals surface area contributed by atoms with Gasteiger partial charge in [-0.15, -0.1) is 0 Å². The van der Waals surface area contributed by atoms with Crippen LogP contribution < -0.4 is 5.73 Å². The maximum atomic E-state index is 9.74. The number of nitriles is 2. The molecule has 24 heavy (non-hydrogen) atoms. The van der Waals surface area contributed by atoms with Gasteiger partial charge >= 0.3 is 0 Å². The fourth-order valence-corrected chi connectivity index (χ4v) is 2.93. The molecule has 1 heterocycles. The lowest BCUT2D eigenvalue weighted by Gasteiger charge is -2.26. The van der Waals surface area contributed by atoms with Gasteiger partial charge in [0.05, 0.1) is 17.6 Å². The number of hydrogen-bond donors (Lipinski definition) is 1. The smallest absolute Gasteiger partial charge is 0.205 e. The zero-order valence-corrected chi connectivity index (χ0v) is 14.1. The van der Waals surface area contributed by atoms with Crippen LogP contribution in [0, 0.1) is 22.7 Å². The fourth-order valence-electron chi connectivity index (χ4n) is 2.67. The molecular formula is C19H12BrN3O. The third-order valence-electron chi connectivity index (χ3n) is 3.78. The van der Waals surface area contributed by atoms with Crippen molar-refractivity contribution in [3.8, 4) is 12.1 Å². The van der Waals surface area contributed by atoms with Gasteiger partial charge in [-0.1, -0.05) is 58.4 Å². The van der Waals surface area contributed by atoms with E-state index in [-0.39, 0.29) is 11.5 Å². The summed E-state index contributed by atoms with van der Waals surface area (Å²) >= 11 is 3.38. The van der Waals surface area contributed by atoms with Crippen LogP contribution >= 0.6 is 15.9 Å². The standard InChI is InChI=1S/C19H12BrN3O/c20-14-8-6-13(7-9-14)18-15(10-21)17(12-4-2-1-3-5-12)16(11-22)19(23)24-18/h1-9,17H,23H2/t17-/m1/s1. The average molecular weight is 378 g/mol. The van der Waals surface area contributed by atoms with E-state index < -0.39 is 5.92 Å². The Kier molecular flexibility index (Phi) is 4.37. The molecule has 2 aromatic rings. The van der Waals surface area contributed by atoms with Crippen LogP contribution in [-0.4, -0.2) is 0 Å². The second kappa shape index (κ2) is 6.62. The van der Waals surface area contributed by atoms with Crippen molar-refractivity contribution in [3.63, 3.8) is 0 Å². The number of nitrogens with zero attached hydrogens (tertiary/aromatic N) is 2. The summed E-state index contributed by atoms with van der Waals surface area (Å²) < 4.78 is 6.57. The van der Waals surface area contributed by atoms with Crippen LogP contribution in [0.1, 0.15) is 17.0 Å². The number of allylic oxidation sites excluding steroid dienone is 2. The van der Waals surface area contributed by atoms with Crippen molar-refractivity contribution in [1.29, 1.82) is 10.5 Å². The van der Waals surface area contributed by atoms with Gasteiger partial charge in [0.2, 0.25) is 5.88 Å². The third-order valence-corrected chi connectivity index (χ3v) is 4.31. The molecule has 0 bridgehead atoms. The van der Waals surface area contributed by atoms with Crippen LogP contribution in [0.3, 0.4) is 0 Å². The van der Waals surface area contributed by atoms with Gasteiger partial charge in [-0.25, -0.2) is 0 Å². The number of nitrogens with two attached hydrogens (primary N) is 1. The first kappa shape index (κ1) is 15.9. The maximum absolute atomic E-state index is 9.74. The summed E-state index contributed by atoms with van der Waals surface area (Å²) in [7, 11) is 0. The minimum Gasteiger partial charge on any atom is -0.439 e. The quantitative estimate of drug-likeness (QED) is 0.849. The molecule has 0 saturated carbocycles. The summed E-state index contributed by atoms with van der Waals surface area (Å²) in [5.41, 5.74) is 8.15. The second-order valence-corrected chi connectivity index (χ2v) is 6.11. The number of benzene rings is 2. The molecule has 1 atom stereocenters. The van der Waals surface area contributed by atoms with Crippen molar-refractivity contribution in [2.75, 3.05) is 0 Å². The first-order chi connectivity index (χ1) is 11.7. The molecule has 0 radical (unpaired) electrons. The Labute approximate surface area is 148 Å². The monoisotopic (exact) mass is 377 g/mol. The molecule has 0 fully saturated rings. The predicted molar refractivity (Wildman–Crippen MR) is 93.8 cm³/mol. The lowest BCUT2D eigenvalue weighted by Crippen LogP contribution is -2.20. The molecule has 0 unspecified atom stereocenters. The van der Waals surface area contributed by atoms with Crippen LogP contribution in [0.4, 0.5) is 0 Å². The van der Waals surface area contributed by atoms with E-state index in [2.05, 4.69) is 28.1 Å². The Morgan fingerprint density at radius 2 is 1.54 bits per heavy atom.